The molecule has 0 aliphatic carbocycles. The molecule has 19 heavy (non-hydrogen) atoms. The molecule has 104 valence electrons. The van der Waals surface area contributed by atoms with Gasteiger partial charge in [-0.3, -0.25) is 4.79 Å². The van der Waals surface area contributed by atoms with E-state index in [1.54, 1.807) is 0 Å². The molecule has 1 fully saturated rings. The predicted molar refractivity (Wildman–Crippen MR) is 65.4 cm³/mol. The van der Waals surface area contributed by atoms with Crippen molar-refractivity contribution in [3.8, 4) is 5.75 Å². The Labute approximate surface area is 110 Å². The van der Waals surface area contributed by atoms with Crippen molar-refractivity contribution in [2.75, 3.05) is 19.8 Å². The summed E-state index contributed by atoms with van der Waals surface area (Å²) in [6.45, 7) is 0.981. The Balaban J connectivity index is 1.97. The van der Waals surface area contributed by atoms with Crippen molar-refractivity contribution in [2.45, 2.75) is 18.4 Å². The van der Waals surface area contributed by atoms with E-state index in [4.69, 9.17) is 4.74 Å². The summed E-state index contributed by atoms with van der Waals surface area (Å²) in [6, 6.07) is 3.17. The van der Waals surface area contributed by atoms with E-state index in [0.717, 1.165) is 12.1 Å². The number of halogens is 1. The smallest absolute Gasteiger partial charge is 0.255 e. The van der Waals surface area contributed by atoms with Crippen LogP contribution in [0.15, 0.2) is 18.2 Å². The summed E-state index contributed by atoms with van der Waals surface area (Å²) in [5.41, 5.74) is -0.999. The minimum absolute atomic E-state index is 0.0166. The normalized spacial score (nSPS) is 18.0. The number of hydrogen-bond donors (Lipinski definition) is 3. The highest BCUT2D eigenvalue weighted by molar-refractivity contribution is 5.96. The molecule has 0 radical (unpaired) electrons. The van der Waals surface area contributed by atoms with Gasteiger partial charge in [-0.05, 0) is 12.1 Å². The van der Waals surface area contributed by atoms with Gasteiger partial charge in [-0.1, -0.05) is 0 Å². The Bertz CT molecular complexity index is 472. The van der Waals surface area contributed by atoms with Gasteiger partial charge in [0.2, 0.25) is 0 Å². The Morgan fingerprint density at radius 2 is 2.11 bits per heavy atom. The zero-order valence-electron chi connectivity index (χ0n) is 10.4. The lowest BCUT2D eigenvalue weighted by molar-refractivity contribution is -0.0605. The number of hydrogen-bond acceptors (Lipinski definition) is 4. The van der Waals surface area contributed by atoms with Crippen molar-refractivity contribution in [3.63, 3.8) is 0 Å². The molecule has 6 heteroatoms. The summed E-state index contributed by atoms with van der Waals surface area (Å²) >= 11 is 0. The predicted octanol–water partition coefficient (Wildman–Crippen LogP) is 0.803. The Hall–Kier alpha value is -1.66. The number of nitrogens with one attached hydrogen (secondary N) is 1. The van der Waals surface area contributed by atoms with Gasteiger partial charge < -0.3 is 20.3 Å². The number of phenolic OH excluding ortho intramolecular Hbond substituents is 1. The molecule has 1 aromatic rings. The molecule has 3 N–H and O–H groups in total. The molecule has 0 aromatic heterocycles. The molecule has 0 saturated carbocycles. The van der Waals surface area contributed by atoms with Crippen LogP contribution in [0.1, 0.15) is 23.2 Å². The minimum Gasteiger partial charge on any atom is -0.507 e. The van der Waals surface area contributed by atoms with Gasteiger partial charge in [-0.15, -0.1) is 0 Å². The summed E-state index contributed by atoms with van der Waals surface area (Å²) in [7, 11) is 0. The van der Waals surface area contributed by atoms with Gasteiger partial charge in [-0.25, -0.2) is 4.39 Å². The summed E-state index contributed by atoms with van der Waals surface area (Å²) < 4.78 is 17.9. The van der Waals surface area contributed by atoms with Crippen LogP contribution in [0.4, 0.5) is 4.39 Å². The summed E-state index contributed by atoms with van der Waals surface area (Å²) in [4.78, 5) is 11.8. The van der Waals surface area contributed by atoms with E-state index in [9.17, 15) is 19.4 Å². The number of amides is 1. The van der Waals surface area contributed by atoms with Crippen LogP contribution < -0.4 is 5.32 Å². The van der Waals surface area contributed by atoms with Crippen LogP contribution in [-0.2, 0) is 4.74 Å². The van der Waals surface area contributed by atoms with Gasteiger partial charge in [0.1, 0.15) is 11.6 Å². The molecular weight excluding hydrogens is 253 g/mol. The second-order valence-corrected chi connectivity index (χ2v) is 4.68. The van der Waals surface area contributed by atoms with Crippen LogP contribution in [0.25, 0.3) is 0 Å². The molecule has 1 saturated heterocycles. The zero-order chi connectivity index (χ0) is 13.9. The molecule has 1 aromatic carbocycles. The third-order valence-corrected chi connectivity index (χ3v) is 3.21. The second kappa shape index (κ2) is 5.54. The van der Waals surface area contributed by atoms with Gasteiger partial charge in [0.25, 0.3) is 5.91 Å². The molecule has 5 nitrogen and oxygen atoms in total. The fourth-order valence-electron chi connectivity index (χ4n) is 1.96. The second-order valence-electron chi connectivity index (χ2n) is 4.68. The number of aliphatic hydroxyl groups is 1. The minimum atomic E-state index is -0.983. The highest BCUT2D eigenvalue weighted by Gasteiger charge is 2.30. The van der Waals surface area contributed by atoms with Crippen LogP contribution >= 0.6 is 0 Å². The fourth-order valence-corrected chi connectivity index (χ4v) is 1.96. The number of aromatic hydroxyl groups is 1. The van der Waals surface area contributed by atoms with Gasteiger partial charge in [0.05, 0.1) is 11.2 Å². The summed E-state index contributed by atoms with van der Waals surface area (Å²) in [6.07, 6.45) is 0.894. The lowest BCUT2D eigenvalue weighted by Gasteiger charge is -2.32. The first kappa shape index (κ1) is 13.8. The van der Waals surface area contributed by atoms with Crippen LogP contribution in [0, 0.1) is 5.82 Å². The fraction of sp³-hybridized carbons (Fsp3) is 0.462. The Morgan fingerprint density at radius 3 is 2.74 bits per heavy atom. The van der Waals surface area contributed by atoms with E-state index in [-0.39, 0.29) is 12.1 Å². The van der Waals surface area contributed by atoms with Crippen molar-refractivity contribution < 1.29 is 24.1 Å². The highest BCUT2D eigenvalue weighted by atomic mass is 19.1. The third kappa shape index (κ3) is 3.42. The largest absolute Gasteiger partial charge is 0.507 e. The summed E-state index contributed by atoms with van der Waals surface area (Å²) in [5, 5.41) is 22.2. The van der Waals surface area contributed by atoms with E-state index in [1.165, 1.54) is 6.07 Å². The third-order valence-electron chi connectivity index (χ3n) is 3.21. The topological polar surface area (TPSA) is 78.8 Å². The first-order chi connectivity index (χ1) is 9.00. The molecule has 1 aliphatic heterocycles. The molecule has 0 unspecified atom stereocenters. The van der Waals surface area contributed by atoms with Crippen molar-refractivity contribution in [1.82, 2.24) is 5.32 Å². The first-order valence-electron chi connectivity index (χ1n) is 6.07. The number of ether oxygens (including phenoxy) is 1. The van der Waals surface area contributed by atoms with Crippen molar-refractivity contribution in [2.24, 2.45) is 0 Å². The van der Waals surface area contributed by atoms with Crippen LogP contribution in [0.2, 0.25) is 0 Å². The van der Waals surface area contributed by atoms with Crippen molar-refractivity contribution in [3.05, 3.63) is 29.6 Å². The van der Waals surface area contributed by atoms with Crippen molar-refractivity contribution >= 4 is 5.91 Å². The van der Waals surface area contributed by atoms with E-state index >= 15 is 0 Å². The molecule has 0 bridgehead atoms. The summed E-state index contributed by atoms with van der Waals surface area (Å²) in [5.74, 6) is -1.58. The molecule has 1 heterocycles. The number of benzene rings is 1. The lowest BCUT2D eigenvalue weighted by atomic mass is 9.94. The molecule has 0 spiro atoms. The van der Waals surface area contributed by atoms with E-state index < -0.39 is 23.1 Å². The molecule has 1 aliphatic rings. The van der Waals surface area contributed by atoms with Gasteiger partial charge in [0.15, 0.2) is 0 Å². The average molecular weight is 269 g/mol. The maximum absolute atomic E-state index is 12.8. The lowest BCUT2D eigenvalue weighted by Crippen LogP contribution is -2.46. The first-order valence-corrected chi connectivity index (χ1v) is 6.07. The maximum Gasteiger partial charge on any atom is 0.255 e. The molecule has 2 rings (SSSR count). The Kier molecular flexibility index (Phi) is 4.01. The van der Waals surface area contributed by atoms with Crippen molar-refractivity contribution in [1.29, 1.82) is 0 Å². The number of phenols is 1. The monoisotopic (exact) mass is 269 g/mol. The van der Waals surface area contributed by atoms with Gasteiger partial charge >= 0.3 is 0 Å². The SMILES string of the molecule is O=C(NCC1(O)CCOCC1)c1ccc(F)cc1O. The van der Waals surface area contributed by atoms with Crippen LogP contribution in [0.3, 0.4) is 0 Å². The Morgan fingerprint density at radius 1 is 1.42 bits per heavy atom. The van der Waals surface area contributed by atoms with Crippen LogP contribution in [-0.4, -0.2) is 41.5 Å². The number of carbonyl (C=O) groups excluding carboxylic acids is 1. The molecule has 0 atom stereocenters. The van der Waals surface area contributed by atoms with E-state index in [2.05, 4.69) is 5.32 Å². The number of carbonyl (C=O) groups is 1. The zero-order valence-corrected chi connectivity index (χ0v) is 10.4. The highest BCUT2D eigenvalue weighted by Crippen LogP contribution is 2.21. The van der Waals surface area contributed by atoms with E-state index in [1.807, 2.05) is 0 Å². The average Bonchev–Trinajstić information content (AvgIpc) is 2.37. The molecular formula is C13H16FNO4. The maximum atomic E-state index is 12.8. The number of rotatable bonds is 3. The van der Waals surface area contributed by atoms with Gasteiger partial charge in [-0.2, -0.15) is 0 Å². The van der Waals surface area contributed by atoms with E-state index in [0.29, 0.717) is 26.1 Å². The standard InChI is InChI=1S/C13H16FNO4/c14-9-1-2-10(11(16)7-9)12(17)15-8-13(18)3-5-19-6-4-13/h1-2,7,16,18H,3-6,8H2,(H,15,17). The van der Waals surface area contributed by atoms with Crippen LogP contribution in [0.5, 0.6) is 5.75 Å². The van der Waals surface area contributed by atoms with Gasteiger partial charge in [0, 0.05) is 38.7 Å². The quantitative estimate of drug-likeness (QED) is 0.758. The molecule has 1 amide bonds.